The summed E-state index contributed by atoms with van der Waals surface area (Å²) in [4.78, 5) is 16.0. The van der Waals surface area contributed by atoms with E-state index in [1.54, 1.807) is 13.2 Å². The molecule has 3 aliphatic rings. The van der Waals surface area contributed by atoms with Crippen molar-refractivity contribution < 1.29 is 13.9 Å². The number of nitrogens with one attached hydrogen (secondary N) is 1. The Bertz CT molecular complexity index is 735. The highest BCUT2D eigenvalue weighted by atomic mass is 32.2. The van der Waals surface area contributed by atoms with Gasteiger partial charge in [-0.25, -0.2) is 0 Å². The lowest BCUT2D eigenvalue weighted by molar-refractivity contribution is 0.0620. The van der Waals surface area contributed by atoms with Crippen molar-refractivity contribution in [3.05, 3.63) is 42.0 Å². The number of amides is 1. The van der Waals surface area contributed by atoms with E-state index >= 15 is 0 Å². The Labute approximate surface area is 151 Å². The third-order valence-corrected chi connectivity index (χ3v) is 5.99. The van der Waals surface area contributed by atoms with Crippen LogP contribution < -0.4 is 10.1 Å². The quantitative estimate of drug-likeness (QED) is 0.889. The number of methoxy groups -OCH3 is 1. The summed E-state index contributed by atoms with van der Waals surface area (Å²) in [6.07, 6.45) is 2.40. The maximum atomic E-state index is 12.5. The van der Waals surface area contributed by atoms with Crippen molar-refractivity contribution >= 4 is 17.7 Å². The average molecular weight is 358 g/mol. The molecule has 4 heterocycles. The Balaban J connectivity index is 1.37. The monoisotopic (exact) mass is 358 g/mol. The molecule has 3 fully saturated rings. The molecule has 5 nitrogen and oxygen atoms in total. The summed E-state index contributed by atoms with van der Waals surface area (Å²) in [5.74, 6) is 1.16. The van der Waals surface area contributed by atoms with Crippen LogP contribution in [0.4, 0.5) is 0 Å². The van der Waals surface area contributed by atoms with Gasteiger partial charge in [0, 0.05) is 29.1 Å². The zero-order valence-electron chi connectivity index (χ0n) is 14.2. The number of carbonyl (C=O) groups is 1. The van der Waals surface area contributed by atoms with Gasteiger partial charge in [-0.2, -0.15) is 0 Å². The molecule has 1 aromatic heterocycles. The van der Waals surface area contributed by atoms with E-state index in [2.05, 4.69) is 10.2 Å². The minimum absolute atomic E-state index is 0.0231. The smallest absolute Gasteiger partial charge is 0.285 e. The molecule has 25 heavy (non-hydrogen) atoms. The number of furan rings is 1. The number of rotatable bonds is 5. The first-order valence-corrected chi connectivity index (χ1v) is 9.48. The van der Waals surface area contributed by atoms with Crippen molar-refractivity contribution in [3.63, 3.8) is 0 Å². The molecule has 0 aliphatic carbocycles. The molecule has 0 radical (unpaired) electrons. The van der Waals surface area contributed by atoms with E-state index < -0.39 is 0 Å². The van der Waals surface area contributed by atoms with Crippen molar-refractivity contribution in [1.29, 1.82) is 0 Å². The first-order valence-electron chi connectivity index (χ1n) is 8.66. The SMILES string of the molecule is COc1ccc(Sc2ccc(C(=O)NC3CN4CCC3CC4)cc2)o1. The highest BCUT2D eigenvalue weighted by Gasteiger charge is 2.34. The van der Waals surface area contributed by atoms with E-state index in [-0.39, 0.29) is 5.91 Å². The van der Waals surface area contributed by atoms with Crippen molar-refractivity contribution in [2.75, 3.05) is 26.7 Å². The topological polar surface area (TPSA) is 54.7 Å². The second-order valence-corrected chi connectivity index (χ2v) is 7.70. The van der Waals surface area contributed by atoms with Crippen LogP contribution in [-0.2, 0) is 0 Å². The van der Waals surface area contributed by atoms with E-state index in [0.717, 1.165) is 16.5 Å². The summed E-state index contributed by atoms with van der Waals surface area (Å²) in [5, 5.41) is 3.99. The summed E-state index contributed by atoms with van der Waals surface area (Å²) >= 11 is 1.50. The molecule has 1 N–H and O–H groups in total. The molecule has 132 valence electrons. The third kappa shape index (κ3) is 3.70. The average Bonchev–Trinajstić information content (AvgIpc) is 3.11. The summed E-state index contributed by atoms with van der Waals surface area (Å²) in [5.41, 5.74) is 0.706. The number of piperidine rings is 3. The lowest BCUT2D eigenvalue weighted by Crippen LogP contribution is -2.57. The van der Waals surface area contributed by atoms with Gasteiger partial charge in [0.25, 0.3) is 11.9 Å². The van der Waals surface area contributed by atoms with Crippen LogP contribution in [0.3, 0.4) is 0 Å². The first-order chi connectivity index (χ1) is 12.2. The number of ether oxygens (including phenoxy) is 1. The Morgan fingerprint density at radius 2 is 1.96 bits per heavy atom. The molecule has 5 rings (SSSR count). The minimum Gasteiger partial charge on any atom is -0.468 e. The summed E-state index contributed by atoms with van der Waals surface area (Å²) in [6.45, 7) is 3.35. The van der Waals surface area contributed by atoms with Crippen LogP contribution in [0.1, 0.15) is 23.2 Å². The van der Waals surface area contributed by atoms with Crippen LogP contribution in [0.2, 0.25) is 0 Å². The van der Waals surface area contributed by atoms with Crippen LogP contribution in [0, 0.1) is 5.92 Å². The Morgan fingerprint density at radius 3 is 2.56 bits per heavy atom. The molecule has 6 heteroatoms. The van der Waals surface area contributed by atoms with Gasteiger partial charge < -0.3 is 19.4 Å². The van der Waals surface area contributed by atoms with Crippen molar-refractivity contribution in [2.45, 2.75) is 28.9 Å². The molecular formula is C19H22N2O3S. The predicted octanol–water partition coefficient (Wildman–Crippen LogP) is 3.26. The number of hydrogen-bond acceptors (Lipinski definition) is 5. The zero-order valence-corrected chi connectivity index (χ0v) is 15.1. The van der Waals surface area contributed by atoms with Gasteiger partial charge >= 0.3 is 0 Å². The highest BCUT2D eigenvalue weighted by Crippen LogP contribution is 2.32. The second kappa shape index (κ2) is 7.14. The lowest BCUT2D eigenvalue weighted by Gasteiger charge is -2.44. The molecule has 3 aliphatic heterocycles. The number of benzene rings is 1. The maximum absolute atomic E-state index is 12.5. The van der Waals surface area contributed by atoms with Gasteiger partial charge in [-0.3, -0.25) is 4.79 Å². The molecule has 1 amide bonds. The molecule has 0 saturated carbocycles. The molecule has 1 atom stereocenters. The summed E-state index contributed by atoms with van der Waals surface area (Å²) < 4.78 is 10.5. The van der Waals surface area contributed by atoms with E-state index in [0.29, 0.717) is 23.5 Å². The van der Waals surface area contributed by atoms with Gasteiger partial charge in [0.05, 0.1) is 7.11 Å². The molecule has 0 spiro atoms. The molecule has 1 unspecified atom stereocenters. The van der Waals surface area contributed by atoms with E-state index in [1.807, 2.05) is 30.3 Å². The van der Waals surface area contributed by atoms with Crippen LogP contribution >= 0.6 is 11.8 Å². The van der Waals surface area contributed by atoms with Gasteiger partial charge in [0.15, 0.2) is 5.09 Å². The molecule has 3 saturated heterocycles. The third-order valence-electron chi connectivity index (χ3n) is 5.07. The van der Waals surface area contributed by atoms with E-state index in [9.17, 15) is 4.79 Å². The Kier molecular flexibility index (Phi) is 4.72. The van der Waals surface area contributed by atoms with Crippen LogP contribution in [0.15, 0.2) is 50.8 Å². The van der Waals surface area contributed by atoms with Crippen LogP contribution in [-0.4, -0.2) is 43.6 Å². The normalized spacial score (nSPS) is 24.9. The van der Waals surface area contributed by atoms with Crippen LogP contribution in [0.25, 0.3) is 0 Å². The summed E-state index contributed by atoms with van der Waals surface area (Å²) in [6, 6.07) is 11.6. The van der Waals surface area contributed by atoms with Crippen LogP contribution in [0.5, 0.6) is 5.95 Å². The van der Waals surface area contributed by atoms with Crippen molar-refractivity contribution in [1.82, 2.24) is 10.2 Å². The lowest BCUT2D eigenvalue weighted by atomic mass is 9.84. The fraction of sp³-hybridized carbons (Fsp3) is 0.421. The van der Waals surface area contributed by atoms with Crippen molar-refractivity contribution in [2.24, 2.45) is 5.92 Å². The number of hydrogen-bond donors (Lipinski definition) is 1. The van der Waals surface area contributed by atoms with E-state index in [1.165, 1.54) is 37.7 Å². The molecule has 2 bridgehead atoms. The highest BCUT2D eigenvalue weighted by molar-refractivity contribution is 7.99. The first kappa shape index (κ1) is 16.5. The number of fused-ring (bicyclic) bond motifs is 3. The zero-order chi connectivity index (χ0) is 17.2. The predicted molar refractivity (Wildman–Crippen MR) is 96.2 cm³/mol. The van der Waals surface area contributed by atoms with Gasteiger partial charge in [0.2, 0.25) is 0 Å². The van der Waals surface area contributed by atoms with Gasteiger partial charge in [-0.05, 0) is 62.2 Å². The van der Waals surface area contributed by atoms with Gasteiger partial charge in [-0.1, -0.05) is 11.8 Å². The second-order valence-electron chi connectivity index (χ2n) is 6.62. The molecular weight excluding hydrogens is 336 g/mol. The van der Waals surface area contributed by atoms with E-state index in [4.69, 9.17) is 9.15 Å². The molecule has 1 aromatic carbocycles. The minimum atomic E-state index is 0.0231. The van der Waals surface area contributed by atoms with Gasteiger partial charge in [-0.15, -0.1) is 0 Å². The number of nitrogens with zero attached hydrogens (tertiary/aromatic N) is 1. The fourth-order valence-electron chi connectivity index (χ4n) is 3.64. The standard InChI is InChI=1S/C19H22N2O3S/c1-23-17-6-7-18(24-17)25-15-4-2-14(3-5-15)19(22)20-16-12-21-10-8-13(16)9-11-21/h2-7,13,16H,8-12H2,1H3,(H,20,22). The molecule has 2 aromatic rings. The maximum Gasteiger partial charge on any atom is 0.285 e. The Hall–Kier alpha value is -1.92. The van der Waals surface area contributed by atoms with Gasteiger partial charge in [0.1, 0.15) is 0 Å². The number of carbonyl (C=O) groups excluding carboxylic acids is 1. The Morgan fingerprint density at radius 1 is 1.20 bits per heavy atom. The fourth-order valence-corrected chi connectivity index (χ4v) is 4.40. The summed E-state index contributed by atoms with van der Waals surface area (Å²) in [7, 11) is 1.58. The van der Waals surface area contributed by atoms with Crippen molar-refractivity contribution in [3.8, 4) is 5.95 Å². The largest absolute Gasteiger partial charge is 0.468 e.